The number of pyridine rings is 1. The molecule has 5 heteroatoms. The Labute approximate surface area is 150 Å². The molecular weight excluding hydrogens is 314 g/mol. The van der Waals surface area contributed by atoms with Gasteiger partial charge in [0.2, 0.25) is 5.88 Å². The second-order valence-corrected chi connectivity index (χ2v) is 6.46. The molecule has 25 heavy (non-hydrogen) atoms. The highest BCUT2D eigenvalue weighted by atomic mass is 16.5. The number of benzene rings is 1. The summed E-state index contributed by atoms with van der Waals surface area (Å²) in [6, 6.07) is 15.5. The molecule has 1 N–H and O–H groups in total. The van der Waals surface area contributed by atoms with Crippen LogP contribution in [0.1, 0.15) is 38.2 Å². The van der Waals surface area contributed by atoms with E-state index in [0.717, 1.165) is 6.54 Å². The van der Waals surface area contributed by atoms with E-state index in [1.165, 1.54) is 0 Å². The molecule has 2 rings (SSSR count). The topological polar surface area (TPSA) is 54.5 Å². The minimum Gasteiger partial charge on any atom is -0.439 e. The van der Waals surface area contributed by atoms with Gasteiger partial charge in [0.25, 0.3) is 5.91 Å². The van der Waals surface area contributed by atoms with Gasteiger partial charge in [0.1, 0.15) is 11.4 Å². The highest BCUT2D eigenvalue weighted by molar-refractivity contribution is 5.92. The van der Waals surface area contributed by atoms with Gasteiger partial charge in [-0.2, -0.15) is 0 Å². The van der Waals surface area contributed by atoms with Crippen molar-refractivity contribution in [3.05, 3.63) is 54.2 Å². The quantitative estimate of drug-likeness (QED) is 0.795. The number of ether oxygens (including phenoxy) is 1. The molecule has 0 fully saturated rings. The first-order valence-electron chi connectivity index (χ1n) is 8.71. The third kappa shape index (κ3) is 5.87. The minimum absolute atomic E-state index is 0.189. The molecule has 0 radical (unpaired) electrons. The van der Waals surface area contributed by atoms with E-state index in [9.17, 15) is 4.79 Å². The second kappa shape index (κ2) is 9.18. The van der Waals surface area contributed by atoms with Crippen molar-refractivity contribution in [1.29, 1.82) is 0 Å². The molecule has 1 aromatic carbocycles. The maximum atomic E-state index is 12.3. The minimum atomic E-state index is -0.189. The molecule has 1 heterocycles. The van der Waals surface area contributed by atoms with Gasteiger partial charge in [-0.05, 0) is 45.9 Å². The number of aromatic nitrogens is 1. The monoisotopic (exact) mass is 341 g/mol. The lowest BCUT2D eigenvalue weighted by Gasteiger charge is -2.30. The molecule has 0 spiro atoms. The van der Waals surface area contributed by atoms with Crippen LogP contribution in [0.2, 0.25) is 0 Å². The first-order valence-corrected chi connectivity index (χ1v) is 8.71. The molecule has 1 aromatic heterocycles. The van der Waals surface area contributed by atoms with Crippen molar-refractivity contribution >= 4 is 5.91 Å². The summed E-state index contributed by atoms with van der Waals surface area (Å²) < 4.78 is 5.68. The zero-order valence-corrected chi connectivity index (χ0v) is 15.4. The van der Waals surface area contributed by atoms with E-state index in [1.807, 2.05) is 30.3 Å². The van der Waals surface area contributed by atoms with Gasteiger partial charge >= 0.3 is 0 Å². The lowest BCUT2D eigenvalue weighted by atomic mass is 10.2. The number of hydrogen-bond donors (Lipinski definition) is 1. The van der Waals surface area contributed by atoms with E-state index >= 15 is 0 Å². The smallest absolute Gasteiger partial charge is 0.270 e. The standard InChI is InChI=1S/C20H27N3O2/c1-15(2)23(16(3)4)14-13-21-20(24)18-11-8-12-19(22-18)25-17-9-6-5-7-10-17/h5-12,15-16H,13-14H2,1-4H3,(H,21,24). The van der Waals surface area contributed by atoms with Crippen LogP contribution in [0.5, 0.6) is 11.6 Å². The summed E-state index contributed by atoms with van der Waals surface area (Å²) in [5.74, 6) is 0.910. The Kier molecular flexibility index (Phi) is 6.95. The van der Waals surface area contributed by atoms with Gasteiger partial charge in [-0.3, -0.25) is 9.69 Å². The lowest BCUT2D eigenvalue weighted by Crippen LogP contribution is -2.42. The summed E-state index contributed by atoms with van der Waals surface area (Å²) in [7, 11) is 0. The Morgan fingerprint density at radius 2 is 1.72 bits per heavy atom. The molecule has 0 saturated heterocycles. The van der Waals surface area contributed by atoms with Crippen molar-refractivity contribution in [2.24, 2.45) is 0 Å². The van der Waals surface area contributed by atoms with E-state index in [0.29, 0.717) is 36.0 Å². The molecular formula is C20H27N3O2. The first kappa shape index (κ1) is 18.9. The summed E-state index contributed by atoms with van der Waals surface area (Å²) >= 11 is 0. The third-order valence-electron chi connectivity index (χ3n) is 3.90. The van der Waals surface area contributed by atoms with Gasteiger partial charge in [0, 0.05) is 31.2 Å². The number of para-hydroxylation sites is 1. The average molecular weight is 341 g/mol. The molecule has 0 aliphatic carbocycles. The predicted molar refractivity (Wildman–Crippen MR) is 100 cm³/mol. The zero-order valence-electron chi connectivity index (χ0n) is 15.4. The fourth-order valence-corrected chi connectivity index (χ4v) is 2.71. The van der Waals surface area contributed by atoms with Crippen molar-refractivity contribution in [3.8, 4) is 11.6 Å². The largest absolute Gasteiger partial charge is 0.439 e. The van der Waals surface area contributed by atoms with Crippen LogP contribution in [0.15, 0.2) is 48.5 Å². The third-order valence-corrected chi connectivity index (χ3v) is 3.90. The van der Waals surface area contributed by atoms with E-state index in [-0.39, 0.29) is 5.91 Å². The number of carbonyl (C=O) groups excluding carboxylic acids is 1. The van der Waals surface area contributed by atoms with Crippen molar-refractivity contribution < 1.29 is 9.53 Å². The summed E-state index contributed by atoms with van der Waals surface area (Å²) in [5.41, 5.74) is 0.356. The van der Waals surface area contributed by atoms with Crippen LogP contribution in [-0.2, 0) is 0 Å². The number of hydrogen-bond acceptors (Lipinski definition) is 4. The van der Waals surface area contributed by atoms with Crippen LogP contribution < -0.4 is 10.1 Å². The van der Waals surface area contributed by atoms with Gasteiger partial charge in [-0.1, -0.05) is 24.3 Å². The van der Waals surface area contributed by atoms with Crippen LogP contribution in [0.25, 0.3) is 0 Å². The Balaban J connectivity index is 1.92. The number of nitrogens with one attached hydrogen (secondary N) is 1. The Hall–Kier alpha value is -2.40. The second-order valence-electron chi connectivity index (χ2n) is 6.46. The molecule has 2 aromatic rings. The average Bonchev–Trinajstić information content (AvgIpc) is 2.59. The Bertz CT molecular complexity index is 664. The van der Waals surface area contributed by atoms with Crippen LogP contribution in [0.4, 0.5) is 0 Å². The fraction of sp³-hybridized carbons (Fsp3) is 0.400. The van der Waals surface area contributed by atoms with E-state index in [4.69, 9.17) is 4.74 Å². The fourth-order valence-electron chi connectivity index (χ4n) is 2.71. The van der Waals surface area contributed by atoms with E-state index in [1.54, 1.807) is 18.2 Å². The van der Waals surface area contributed by atoms with Crippen molar-refractivity contribution in [2.45, 2.75) is 39.8 Å². The normalized spacial score (nSPS) is 11.2. The van der Waals surface area contributed by atoms with Crippen molar-refractivity contribution in [3.63, 3.8) is 0 Å². The van der Waals surface area contributed by atoms with Gasteiger partial charge in [-0.15, -0.1) is 0 Å². The van der Waals surface area contributed by atoms with Crippen LogP contribution in [0, 0.1) is 0 Å². The predicted octanol–water partition coefficient (Wildman–Crippen LogP) is 3.72. The molecule has 1 amide bonds. The number of nitrogens with zero attached hydrogens (tertiary/aromatic N) is 2. The summed E-state index contributed by atoms with van der Waals surface area (Å²) in [6.07, 6.45) is 0. The highest BCUT2D eigenvalue weighted by Gasteiger charge is 2.14. The van der Waals surface area contributed by atoms with Gasteiger partial charge in [0.05, 0.1) is 0 Å². The number of rotatable bonds is 8. The summed E-state index contributed by atoms with van der Waals surface area (Å²) in [4.78, 5) is 18.9. The Morgan fingerprint density at radius 1 is 1.04 bits per heavy atom. The van der Waals surface area contributed by atoms with Crippen LogP contribution in [0.3, 0.4) is 0 Å². The molecule has 134 valence electrons. The molecule has 5 nitrogen and oxygen atoms in total. The summed E-state index contributed by atoms with van der Waals surface area (Å²) in [6.45, 7) is 10.0. The molecule has 0 bridgehead atoms. The maximum Gasteiger partial charge on any atom is 0.270 e. The first-order chi connectivity index (χ1) is 12.0. The molecule has 0 atom stereocenters. The number of amides is 1. The summed E-state index contributed by atoms with van der Waals surface area (Å²) in [5, 5.41) is 2.93. The SMILES string of the molecule is CC(C)N(CCNC(=O)c1cccc(Oc2ccccc2)n1)C(C)C. The van der Waals surface area contributed by atoms with Crippen molar-refractivity contribution in [1.82, 2.24) is 15.2 Å². The van der Waals surface area contributed by atoms with E-state index < -0.39 is 0 Å². The van der Waals surface area contributed by atoms with Crippen LogP contribution in [-0.4, -0.2) is 41.0 Å². The van der Waals surface area contributed by atoms with Crippen LogP contribution >= 0.6 is 0 Å². The molecule has 0 aliphatic heterocycles. The van der Waals surface area contributed by atoms with Gasteiger partial charge < -0.3 is 10.1 Å². The molecule has 0 unspecified atom stereocenters. The van der Waals surface area contributed by atoms with E-state index in [2.05, 4.69) is 42.9 Å². The highest BCUT2D eigenvalue weighted by Crippen LogP contribution is 2.18. The molecule has 0 aliphatic rings. The number of carbonyl (C=O) groups is 1. The maximum absolute atomic E-state index is 12.3. The lowest BCUT2D eigenvalue weighted by molar-refractivity contribution is 0.0933. The van der Waals surface area contributed by atoms with Gasteiger partial charge in [-0.25, -0.2) is 4.98 Å². The Morgan fingerprint density at radius 3 is 2.36 bits per heavy atom. The van der Waals surface area contributed by atoms with Crippen molar-refractivity contribution in [2.75, 3.05) is 13.1 Å². The van der Waals surface area contributed by atoms with Gasteiger partial charge in [0.15, 0.2) is 0 Å². The molecule has 0 saturated carbocycles. The zero-order chi connectivity index (χ0) is 18.2.